The van der Waals surface area contributed by atoms with Crippen molar-refractivity contribution in [1.29, 1.82) is 0 Å². The van der Waals surface area contributed by atoms with Gasteiger partial charge in [0, 0.05) is 6.61 Å². The lowest BCUT2D eigenvalue weighted by molar-refractivity contribution is -0.00397. The van der Waals surface area contributed by atoms with E-state index in [2.05, 4.69) is 64.6 Å². The molecular weight excluding hydrogens is 423 g/mol. The van der Waals surface area contributed by atoms with Crippen molar-refractivity contribution < 1.29 is 38.6 Å². The van der Waals surface area contributed by atoms with Crippen LogP contribution in [-0.2, 0) is 18.3 Å². The first-order valence-corrected chi connectivity index (χ1v) is 12.2. The molecule has 0 rings (SSSR count). The molecule has 0 radical (unpaired) electrons. The third kappa shape index (κ3) is 21.9. The standard InChI is InChI=1S/C22H39O8P/c1-2-3-4-5-6-7-8-9-10-11-12-13-14-15-16-28-18-22(25)20-30-31(26,27)29-19-21(24)17-23/h3-4,6-7,9-10,12-13,21-25H,2,5,8,11,14-20H2,1H3,(H,26,27)/b4-3-,7-6-,10-9-,13-12-. The van der Waals surface area contributed by atoms with Gasteiger partial charge >= 0.3 is 7.82 Å². The zero-order valence-corrected chi connectivity index (χ0v) is 19.3. The van der Waals surface area contributed by atoms with Crippen LogP contribution in [0.15, 0.2) is 48.6 Å². The summed E-state index contributed by atoms with van der Waals surface area (Å²) in [5.41, 5.74) is 0. The number of hydrogen-bond acceptors (Lipinski definition) is 7. The van der Waals surface area contributed by atoms with Gasteiger partial charge < -0.3 is 24.9 Å². The first kappa shape index (κ1) is 29.9. The van der Waals surface area contributed by atoms with Gasteiger partial charge in [-0.25, -0.2) is 4.57 Å². The van der Waals surface area contributed by atoms with Gasteiger partial charge in [0.15, 0.2) is 0 Å². The van der Waals surface area contributed by atoms with E-state index in [0.29, 0.717) is 6.61 Å². The first-order chi connectivity index (χ1) is 14.9. The fraction of sp³-hybridized carbons (Fsp3) is 0.636. The average molecular weight is 463 g/mol. The minimum absolute atomic E-state index is 0.0343. The van der Waals surface area contributed by atoms with E-state index < -0.39 is 39.9 Å². The van der Waals surface area contributed by atoms with Crippen molar-refractivity contribution in [2.75, 3.05) is 33.0 Å². The van der Waals surface area contributed by atoms with Crippen LogP contribution in [0.2, 0.25) is 0 Å². The van der Waals surface area contributed by atoms with Crippen LogP contribution in [0.4, 0.5) is 0 Å². The molecule has 31 heavy (non-hydrogen) atoms. The molecule has 0 aliphatic rings. The summed E-state index contributed by atoms with van der Waals surface area (Å²) in [5.74, 6) is 0. The number of aliphatic hydroxyl groups excluding tert-OH is 3. The molecule has 0 aromatic carbocycles. The van der Waals surface area contributed by atoms with Crippen LogP contribution in [0.1, 0.15) is 45.4 Å². The summed E-state index contributed by atoms with van der Waals surface area (Å²) in [7, 11) is -4.40. The Morgan fingerprint density at radius 1 is 0.806 bits per heavy atom. The summed E-state index contributed by atoms with van der Waals surface area (Å²) in [4.78, 5) is 9.37. The third-order valence-corrected chi connectivity index (χ3v) is 4.71. The fourth-order valence-corrected chi connectivity index (χ4v) is 2.91. The molecule has 3 unspecified atom stereocenters. The zero-order chi connectivity index (χ0) is 23.2. The van der Waals surface area contributed by atoms with Crippen molar-refractivity contribution in [2.24, 2.45) is 0 Å². The van der Waals surface area contributed by atoms with Crippen molar-refractivity contribution in [2.45, 2.75) is 57.7 Å². The van der Waals surface area contributed by atoms with Crippen molar-refractivity contribution in [3.05, 3.63) is 48.6 Å². The smallest absolute Gasteiger partial charge is 0.394 e. The van der Waals surface area contributed by atoms with Crippen LogP contribution in [0, 0.1) is 0 Å². The maximum Gasteiger partial charge on any atom is 0.472 e. The average Bonchev–Trinajstić information content (AvgIpc) is 2.76. The molecule has 0 bridgehead atoms. The normalized spacial score (nSPS) is 16.7. The van der Waals surface area contributed by atoms with Gasteiger partial charge in [0.25, 0.3) is 0 Å². The van der Waals surface area contributed by atoms with Crippen molar-refractivity contribution in [3.63, 3.8) is 0 Å². The number of ether oxygens (including phenoxy) is 1. The van der Waals surface area contributed by atoms with E-state index >= 15 is 0 Å². The summed E-state index contributed by atoms with van der Waals surface area (Å²) in [5, 5.41) is 27.4. The van der Waals surface area contributed by atoms with E-state index in [-0.39, 0.29) is 6.61 Å². The Kier molecular flexibility index (Phi) is 20.1. The summed E-state index contributed by atoms with van der Waals surface area (Å²) in [6.07, 6.45) is 20.3. The highest BCUT2D eigenvalue weighted by Gasteiger charge is 2.24. The molecular formula is C22H39O8P. The minimum atomic E-state index is -4.40. The summed E-state index contributed by atoms with van der Waals surface area (Å²) in [6.45, 7) is 0.946. The lowest BCUT2D eigenvalue weighted by Crippen LogP contribution is -2.23. The highest BCUT2D eigenvalue weighted by molar-refractivity contribution is 7.47. The highest BCUT2D eigenvalue weighted by Crippen LogP contribution is 2.43. The molecule has 0 saturated carbocycles. The van der Waals surface area contributed by atoms with E-state index in [0.717, 1.165) is 38.5 Å². The van der Waals surface area contributed by atoms with Gasteiger partial charge in [-0.2, -0.15) is 0 Å². The van der Waals surface area contributed by atoms with Crippen molar-refractivity contribution in [3.8, 4) is 0 Å². The molecule has 0 aliphatic carbocycles. The van der Waals surface area contributed by atoms with Gasteiger partial charge in [-0.15, -0.1) is 0 Å². The zero-order valence-electron chi connectivity index (χ0n) is 18.4. The van der Waals surface area contributed by atoms with Gasteiger partial charge in [-0.1, -0.05) is 55.5 Å². The Morgan fingerprint density at radius 3 is 1.87 bits per heavy atom. The molecule has 9 heteroatoms. The minimum Gasteiger partial charge on any atom is -0.394 e. The number of unbranched alkanes of at least 4 members (excludes halogenated alkanes) is 1. The molecule has 180 valence electrons. The maximum atomic E-state index is 11.5. The molecule has 8 nitrogen and oxygen atoms in total. The lowest BCUT2D eigenvalue weighted by Gasteiger charge is -2.16. The molecule has 0 amide bonds. The third-order valence-electron chi connectivity index (χ3n) is 3.76. The van der Waals surface area contributed by atoms with Crippen LogP contribution in [-0.4, -0.2) is 65.5 Å². The van der Waals surface area contributed by atoms with Crippen LogP contribution in [0.3, 0.4) is 0 Å². The largest absolute Gasteiger partial charge is 0.472 e. The Balaban J connectivity index is 3.63. The molecule has 0 heterocycles. The molecule has 0 aliphatic heterocycles. The molecule has 0 aromatic rings. The number of rotatable bonds is 20. The second kappa shape index (κ2) is 20.8. The number of phosphoric acid groups is 1. The monoisotopic (exact) mass is 462 g/mol. The lowest BCUT2D eigenvalue weighted by atomic mass is 10.2. The van der Waals surface area contributed by atoms with E-state index in [4.69, 9.17) is 14.9 Å². The van der Waals surface area contributed by atoms with E-state index in [1.54, 1.807) is 0 Å². The Hall–Kier alpha value is -1.09. The summed E-state index contributed by atoms with van der Waals surface area (Å²) < 4.78 is 25.9. The summed E-state index contributed by atoms with van der Waals surface area (Å²) >= 11 is 0. The first-order valence-electron chi connectivity index (χ1n) is 10.7. The quantitative estimate of drug-likeness (QED) is 0.123. The van der Waals surface area contributed by atoms with E-state index in [1.165, 1.54) is 0 Å². The van der Waals surface area contributed by atoms with Gasteiger partial charge in [-0.3, -0.25) is 9.05 Å². The van der Waals surface area contributed by atoms with Crippen LogP contribution in [0.5, 0.6) is 0 Å². The topological polar surface area (TPSA) is 126 Å². The fourth-order valence-electron chi connectivity index (χ4n) is 2.12. The number of allylic oxidation sites excluding steroid dienone is 8. The SMILES string of the molecule is CC/C=C\C/C=C\C/C=C\C/C=C\CCCOCC(O)COP(=O)(O)OCC(O)CO. The van der Waals surface area contributed by atoms with Crippen LogP contribution < -0.4 is 0 Å². The van der Waals surface area contributed by atoms with E-state index in [9.17, 15) is 14.6 Å². The van der Waals surface area contributed by atoms with Crippen LogP contribution in [0.25, 0.3) is 0 Å². The Bertz CT molecular complexity index is 574. The van der Waals surface area contributed by atoms with Gasteiger partial charge in [0.1, 0.15) is 12.2 Å². The molecule has 0 aromatic heterocycles. The number of phosphoric ester groups is 1. The number of aliphatic hydroxyl groups is 3. The van der Waals surface area contributed by atoms with Crippen LogP contribution >= 0.6 is 7.82 Å². The predicted molar refractivity (Wildman–Crippen MR) is 122 cm³/mol. The van der Waals surface area contributed by atoms with E-state index in [1.807, 2.05) is 0 Å². The molecule has 0 spiro atoms. The molecule has 0 saturated heterocycles. The molecule has 0 fully saturated rings. The maximum absolute atomic E-state index is 11.5. The molecule has 4 N–H and O–H groups in total. The highest BCUT2D eigenvalue weighted by atomic mass is 31.2. The van der Waals surface area contributed by atoms with Crippen molar-refractivity contribution >= 4 is 7.82 Å². The second-order valence-corrected chi connectivity index (χ2v) is 8.22. The Labute approximate surface area is 186 Å². The second-order valence-electron chi connectivity index (χ2n) is 6.77. The van der Waals surface area contributed by atoms with Gasteiger partial charge in [-0.05, 0) is 38.5 Å². The Morgan fingerprint density at radius 2 is 1.32 bits per heavy atom. The van der Waals surface area contributed by atoms with Gasteiger partial charge in [0.05, 0.1) is 26.4 Å². The van der Waals surface area contributed by atoms with Gasteiger partial charge in [0.2, 0.25) is 0 Å². The van der Waals surface area contributed by atoms with Crippen molar-refractivity contribution in [1.82, 2.24) is 0 Å². The summed E-state index contributed by atoms with van der Waals surface area (Å²) in [6, 6.07) is 0. The predicted octanol–water partition coefficient (Wildman–Crippen LogP) is 3.44. The number of hydrogen-bond donors (Lipinski definition) is 4. The molecule has 3 atom stereocenters.